The van der Waals surface area contributed by atoms with E-state index in [4.69, 9.17) is 19.2 Å². The van der Waals surface area contributed by atoms with E-state index in [1.165, 1.54) is 12.1 Å². The molecule has 10 nitrogen and oxygen atoms in total. The number of halogens is 1. The van der Waals surface area contributed by atoms with Crippen molar-refractivity contribution in [2.24, 2.45) is 5.92 Å². The van der Waals surface area contributed by atoms with Crippen molar-refractivity contribution in [3.05, 3.63) is 60.8 Å². The minimum atomic E-state index is -1.76. The maximum atomic E-state index is 13.9. The van der Waals surface area contributed by atoms with Gasteiger partial charge in [-0.3, -0.25) is 4.79 Å². The van der Waals surface area contributed by atoms with Gasteiger partial charge in [0.15, 0.2) is 5.82 Å². The Morgan fingerprint density at radius 2 is 1.95 bits per heavy atom. The van der Waals surface area contributed by atoms with Gasteiger partial charge in [0, 0.05) is 37.3 Å². The van der Waals surface area contributed by atoms with Crippen molar-refractivity contribution in [2.75, 3.05) is 51.4 Å². The molecule has 3 aromatic rings. The summed E-state index contributed by atoms with van der Waals surface area (Å²) in [6, 6.07) is 7.68. The highest BCUT2D eigenvalue weighted by molar-refractivity contribution is 5.86. The molecular weight excluding hydrogens is 479 g/mol. The minimum absolute atomic E-state index is 0.108. The molecule has 2 aromatic heterocycles. The SMILES string of the molecule is C=CCNc1nccc(-c2[nH]c(C3(C(=O)N4CCOCC4)OCC(C)CO3)nc2-c2ccc(F)cc2)n1. The molecule has 0 bridgehead atoms. The lowest BCUT2D eigenvalue weighted by atomic mass is 10.1. The Labute approximate surface area is 213 Å². The van der Waals surface area contributed by atoms with Crippen LogP contribution in [0.5, 0.6) is 0 Å². The maximum absolute atomic E-state index is 13.9. The highest BCUT2D eigenvalue weighted by Crippen LogP contribution is 2.38. The first-order chi connectivity index (χ1) is 18.0. The van der Waals surface area contributed by atoms with Crippen LogP contribution in [-0.2, 0) is 24.8 Å². The Balaban J connectivity index is 1.63. The van der Waals surface area contributed by atoms with Gasteiger partial charge >= 0.3 is 5.79 Å². The first-order valence-electron chi connectivity index (χ1n) is 12.2. The molecule has 2 N–H and O–H groups in total. The van der Waals surface area contributed by atoms with Gasteiger partial charge in [0.25, 0.3) is 5.91 Å². The van der Waals surface area contributed by atoms with E-state index >= 15 is 0 Å². The molecule has 194 valence electrons. The van der Waals surface area contributed by atoms with E-state index in [0.717, 1.165) is 0 Å². The molecule has 37 heavy (non-hydrogen) atoms. The van der Waals surface area contributed by atoms with Crippen LogP contribution in [0.15, 0.2) is 49.2 Å². The third-order valence-electron chi connectivity index (χ3n) is 6.17. The molecule has 2 aliphatic heterocycles. The predicted octanol–water partition coefficient (Wildman–Crippen LogP) is 2.97. The second-order valence-corrected chi connectivity index (χ2v) is 9.00. The average molecular weight is 509 g/mol. The van der Waals surface area contributed by atoms with Crippen LogP contribution >= 0.6 is 0 Å². The third-order valence-corrected chi connectivity index (χ3v) is 6.17. The summed E-state index contributed by atoms with van der Waals surface area (Å²) in [5.41, 5.74) is 2.16. The number of rotatable bonds is 7. The number of nitrogens with zero attached hydrogens (tertiary/aromatic N) is 4. The zero-order valence-electron chi connectivity index (χ0n) is 20.6. The number of carbonyl (C=O) groups is 1. The third kappa shape index (κ3) is 5.10. The van der Waals surface area contributed by atoms with Crippen LogP contribution in [0.25, 0.3) is 22.6 Å². The molecule has 0 saturated carbocycles. The number of morpholine rings is 1. The molecular formula is C26H29FN6O4. The van der Waals surface area contributed by atoms with E-state index in [1.54, 1.807) is 35.4 Å². The van der Waals surface area contributed by atoms with Crippen molar-refractivity contribution in [3.63, 3.8) is 0 Å². The van der Waals surface area contributed by atoms with Gasteiger partial charge in [-0.15, -0.1) is 6.58 Å². The molecule has 5 rings (SSSR count). The Morgan fingerprint density at radius 1 is 1.22 bits per heavy atom. The van der Waals surface area contributed by atoms with E-state index in [-0.39, 0.29) is 23.5 Å². The van der Waals surface area contributed by atoms with E-state index in [9.17, 15) is 9.18 Å². The van der Waals surface area contributed by atoms with Crippen molar-refractivity contribution >= 4 is 11.9 Å². The lowest BCUT2D eigenvalue weighted by Crippen LogP contribution is -2.56. The van der Waals surface area contributed by atoms with Gasteiger partial charge in [0.05, 0.1) is 43.5 Å². The molecule has 0 atom stereocenters. The minimum Gasteiger partial charge on any atom is -0.378 e. The number of aromatic nitrogens is 4. The van der Waals surface area contributed by atoms with E-state index in [0.29, 0.717) is 74.7 Å². The Hall–Kier alpha value is -3.67. The molecule has 11 heteroatoms. The van der Waals surface area contributed by atoms with Crippen LogP contribution in [0.2, 0.25) is 0 Å². The molecule has 4 heterocycles. The highest BCUT2D eigenvalue weighted by atomic mass is 19.1. The summed E-state index contributed by atoms with van der Waals surface area (Å²) in [6.07, 6.45) is 3.32. The predicted molar refractivity (Wildman–Crippen MR) is 134 cm³/mol. The topological polar surface area (TPSA) is 114 Å². The van der Waals surface area contributed by atoms with Crippen LogP contribution in [-0.4, -0.2) is 76.8 Å². The van der Waals surface area contributed by atoms with Gasteiger partial charge in [-0.1, -0.05) is 13.0 Å². The Kier molecular flexibility index (Phi) is 7.26. The molecule has 2 fully saturated rings. The highest BCUT2D eigenvalue weighted by Gasteiger charge is 2.51. The van der Waals surface area contributed by atoms with Crippen molar-refractivity contribution in [1.29, 1.82) is 0 Å². The first kappa shape index (κ1) is 25.0. The fourth-order valence-corrected chi connectivity index (χ4v) is 4.22. The van der Waals surface area contributed by atoms with Gasteiger partial charge < -0.3 is 29.4 Å². The fraction of sp³-hybridized carbons (Fsp3) is 0.385. The number of ether oxygens (including phenoxy) is 3. The number of aromatic amines is 1. The molecule has 0 unspecified atom stereocenters. The van der Waals surface area contributed by atoms with E-state index < -0.39 is 5.79 Å². The van der Waals surface area contributed by atoms with Crippen molar-refractivity contribution in [2.45, 2.75) is 12.7 Å². The van der Waals surface area contributed by atoms with Gasteiger partial charge in [0.1, 0.15) is 5.82 Å². The van der Waals surface area contributed by atoms with Crippen LogP contribution < -0.4 is 5.32 Å². The molecule has 0 radical (unpaired) electrons. The fourth-order valence-electron chi connectivity index (χ4n) is 4.22. The lowest BCUT2D eigenvalue weighted by molar-refractivity contribution is -0.284. The zero-order chi connectivity index (χ0) is 25.8. The number of hydrogen-bond acceptors (Lipinski definition) is 8. The zero-order valence-corrected chi connectivity index (χ0v) is 20.6. The number of hydrogen-bond donors (Lipinski definition) is 2. The van der Waals surface area contributed by atoms with Crippen LogP contribution in [0.4, 0.5) is 10.3 Å². The normalized spacial score (nSPS) is 22.0. The molecule has 0 spiro atoms. The molecule has 2 aliphatic rings. The van der Waals surface area contributed by atoms with Crippen LogP contribution in [0.3, 0.4) is 0 Å². The monoisotopic (exact) mass is 508 g/mol. The number of H-pyrrole nitrogens is 1. The number of imidazole rings is 1. The standard InChI is InChI=1S/C26H29FN6O4/c1-3-9-28-25-29-10-8-20(30-25)22-21(18-4-6-19(27)7-5-18)31-23(32-22)26(36-15-17(2)16-37-26)24(34)33-11-13-35-14-12-33/h3-8,10,17H,1,9,11-16H2,2H3,(H,31,32)(H,28,29,30). The number of carbonyl (C=O) groups excluding carboxylic acids is 1. The molecule has 2 saturated heterocycles. The average Bonchev–Trinajstić information content (AvgIpc) is 3.39. The van der Waals surface area contributed by atoms with Gasteiger partial charge in [-0.2, -0.15) is 0 Å². The summed E-state index contributed by atoms with van der Waals surface area (Å²) in [5, 5.41) is 3.07. The number of amides is 1. The second-order valence-electron chi connectivity index (χ2n) is 9.00. The maximum Gasteiger partial charge on any atom is 0.310 e. The summed E-state index contributed by atoms with van der Waals surface area (Å²) in [4.78, 5) is 32.5. The van der Waals surface area contributed by atoms with E-state index in [2.05, 4.69) is 26.8 Å². The Morgan fingerprint density at radius 3 is 2.65 bits per heavy atom. The smallest absolute Gasteiger partial charge is 0.310 e. The Bertz CT molecular complexity index is 1250. The van der Waals surface area contributed by atoms with Gasteiger partial charge in [-0.05, 0) is 30.3 Å². The summed E-state index contributed by atoms with van der Waals surface area (Å²) in [6.45, 7) is 8.53. The van der Waals surface area contributed by atoms with Gasteiger partial charge in [-0.25, -0.2) is 19.3 Å². The van der Waals surface area contributed by atoms with Crippen LogP contribution in [0.1, 0.15) is 12.7 Å². The molecule has 1 amide bonds. The number of benzene rings is 1. The summed E-state index contributed by atoms with van der Waals surface area (Å²) >= 11 is 0. The van der Waals surface area contributed by atoms with Crippen molar-refractivity contribution < 1.29 is 23.4 Å². The molecule has 1 aromatic carbocycles. The summed E-state index contributed by atoms with van der Waals surface area (Å²) < 4.78 is 31.5. The van der Waals surface area contributed by atoms with E-state index in [1.807, 2.05) is 6.92 Å². The quantitative estimate of drug-likeness (QED) is 0.468. The number of anilines is 1. The second kappa shape index (κ2) is 10.8. The summed E-state index contributed by atoms with van der Waals surface area (Å²) in [5.74, 6) is -1.76. The lowest BCUT2D eigenvalue weighted by Gasteiger charge is -2.40. The first-order valence-corrected chi connectivity index (χ1v) is 12.2. The van der Waals surface area contributed by atoms with Crippen molar-refractivity contribution in [1.82, 2.24) is 24.8 Å². The number of nitrogens with one attached hydrogen (secondary N) is 2. The van der Waals surface area contributed by atoms with Gasteiger partial charge in [0.2, 0.25) is 5.95 Å². The summed E-state index contributed by atoms with van der Waals surface area (Å²) in [7, 11) is 0. The van der Waals surface area contributed by atoms with Crippen molar-refractivity contribution in [3.8, 4) is 22.6 Å². The molecule has 0 aliphatic carbocycles. The largest absolute Gasteiger partial charge is 0.378 e. The van der Waals surface area contributed by atoms with Crippen LogP contribution in [0, 0.1) is 11.7 Å².